The molecule has 152 valence electrons. The Bertz CT molecular complexity index is 1060. The maximum Gasteiger partial charge on any atom is 0.255 e. The van der Waals surface area contributed by atoms with Gasteiger partial charge in [0.1, 0.15) is 11.5 Å². The lowest BCUT2D eigenvalue weighted by Gasteiger charge is -2.16. The maximum atomic E-state index is 12.7. The highest BCUT2D eigenvalue weighted by Crippen LogP contribution is 2.24. The Balaban J connectivity index is 1.38. The van der Waals surface area contributed by atoms with E-state index < -0.39 is 0 Å². The predicted octanol–water partition coefficient (Wildman–Crippen LogP) is 5.16. The smallest absolute Gasteiger partial charge is 0.255 e. The van der Waals surface area contributed by atoms with E-state index in [9.17, 15) is 9.59 Å². The summed E-state index contributed by atoms with van der Waals surface area (Å²) in [5, 5.41) is 2.91. The molecule has 0 aliphatic carbocycles. The number of anilines is 1. The van der Waals surface area contributed by atoms with Gasteiger partial charge in [-0.2, -0.15) is 0 Å². The quantitative estimate of drug-likeness (QED) is 0.622. The molecule has 5 heteroatoms. The Morgan fingerprint density at radius 1 is 1.00 bits per heavy atom. The van der Waals surface area contributed by atoms with Crippen LogP contribution in [-0.2, 0) is 11.3 Å². The van der Waals surface area contributed by atoms with Crippen LogP contribution in [0.2, 0.25) is 0 Å². The molecule has 1 aliphatic heterocycles. The average Bonchev–Trinajstić information content (AvgIpc) is 3.14. The second-order valence-corrected chi connectivity index (χ2v) is 7.52. The van der Waals surface area contributed by atoms with Crippen LogP contribution in [0.1, 0.15) is 34.3 Å². The molecule has 1 aliphatic rings. The van der Waals surface area contributed by atoms with Crippen molar-refractivity contribution in [3.8, 4) is 11.5 Å². The standard InChI is InChI=1S/C25H24N2O3/c1-18-5-2-8-23(15-18)30-22-12-10-21(11-13-22)26-25(29)20-7-3-6-19(16-20)17-27-14-4-9-24(27)28/h2-3,5-8,10-13,15-16H,4,9,14,17H2,1H3,(H,26,29). The highest BCUT2D eigenvalue weighted by molar-refractivity contribution is 6.04. The van der Waals surface area contributed by atoms with Crippen molar-refractivity contribution in [2.45, 2.75) is 26.3 Å². The van der Waals surface area contributed by atoms with Crippen LogP contribution >= 0.6 is 0 Å². The molecule has 0 atom stereocenters. The van der Waals surface area contributed by atoms with Crippen LogP contribution in [0.4, 0.5) is 5.69 Å². The van der Waals surface area contributed by atoms with Crippen molar-refractivity contribution < 1.29 is 14.3 Å². The summed E-state index contributed by atoms with van der Waals surface area (Å²) in [6, 6.07) is 22.5. The molecule has 3 aromatic rings. The summed E-state index contributed by atoms with van der Waals surface area (Å²) in [4.78, 5) is 26.3. The Morgan fingerprint density at radius 2 is 1.80 bits per heavy atom. The number of benzene rings is 3. The molecule has 2 amide bonds. The van der Waals surface area contributed by atoms with Crippen molar-refractivity contribution in [2.75, 3.05) is 11.9 Å². The van der Waals surface area contributed by atoms with Crippen molar-refractivity contribution >= 4 is 17.5 Å². The molecule has 1 saturated heterocycles. The third-order valence-corrected chi connectivity index (χ3v) is 5.07. The Kier molecular flexibility index (Phi) is 5.80. The fourth-order valence-corrected chi connectivity index (χ4v) is 3.53. The van der Waals surface area contributed by atoms with E-state index in [-0.39, 0.29) is 11.8 Å². The fourth-order valence-electron chi connectivity index (χ4n) is 3.53. The van der Waals surface area contributed by atoms with E-state index >= 15 is 0 Å². The lowest BCUT2D eigenvalue weighted by Crippen LogP contribution is -2.24. The largest absolute Gasteiger partial charge is 0.457 e. The summed E-state index contributed by atoms with van der Waals surface area (Å²) >= 11 is 0. The molecule has 1 N–H and O–H groups in total. The lowest BCUT2D eigenvalue weighted by atomic mass is 10.1. The van der Waals surface area contributed by atoms with E-state index in [4.69, 9.17) is 4.74 Å². The summed E-state index contributed by atoms with van der Waals surface area (Å²) in [5.41, 5.74) is 3.35. The predicted molar refractivity (Wildman–Crippen MR) is 117 cm³/mol. The Hall–Kier alpha value is -3.60. The SMILES string of the molecule is Cc1cccc(Oc2ccc(NC(=O)c3cccc(CN4CCCC4=O)c3)cc2)c1. The highest BCUT2D eigenvalue weighted by Gasteiger charge is 2.20. The van der Waals surface area contributed by atoms with Gasteiger partial charge in [-0.05, 0) is 73.0 Å². The number of nitrogens with zero attached hydrogens (tertiary/aromatic N) is 1. The number of rotatable bonds is 6. The van der Waals surface area contributed by atoms with Crippen molar-refractivity contribution in [1.82, 2.24) is 4.90 Å². The minimum Gasteiger partial charge on any atom is -0.457 e. The minimum atomic E-state index is -0.183. The number of amides is 2. The van der Waals surface area contributed by atoms with E-state index in [1.165, 1.54) is 0 Å². The van der Waals surface area contributed by atoms with E-state index in [1.807, 2.05) is 78.6 Å². The number of hydrogen-bond acceptors (Lipinski definition) is 3. The molecule has 0 saturated carbocycles. The molecular weight excluding hydrogens is 376 g/mol. The van der Waals surface area contributed by atoms with Crippen LogP contribution in [-0.4, -0.2) is 23.3 Å². The summed E-state index contributed by atoms with van der Waals surface area (Å²) in [7, 11) is 0. The number of carbonyl (C=O) groups excluding carboxylic acids is 2. The van der Waals surface area contributed by atoms with Gasteiger partial charge < -0.3 is 15.0 Å². The molecule has 30 heavy (non-hydrogen) atoms. The van der Waals surface area contributed by atoms with Crippen LogP contribution in [0.5, 0.6) is 11.5 Å². The van der Waals surface area contributed by atoms with Gasteiger partial charge in [0.2, 0.25) is 5.91 Å². The van der Waals surface area contributed by atoms with Crippen LogP contribution < -0.4 is 10.1 Å². The molecule has 3 aromatic carbocycles. The lowest BCUT2D eigenvalue weighted by molar-refractivity contribution is -0.128. The second-order valence-electron chi connectivity index (χ2n) is 7.52. The van der Waals surface area contributed by atoms with E-state index in [0.29, 0.717) is 30.0 Å². The van der Waals surface area contributed by atoms with Crippen molar-refractivity contribution in [3.63, 3.8) is 0 Å². The first-order valence-corrected chi connectivity index (χ1v) is 10.1. The first-order chi connectivity index (χ1) is 14.6. The second kappa shape index (κ2) is 8.82. The van der Waals surface area contributed by atoms with Crippen molar-refractivity contribution in [2.24, 2.45) is 0 Å². The first kappa shape index (κ1) is 19.7. The van der Waals surface area contributed by atoms with Gasteiger partial charge in [0.05, 0.1) is 0 Å². The fraction of sp³-hybridized carbons (Fsp3) is 0.200. The third-order valence-electron chi connectivity index (χ3n) is 5.07. The number of ether oxygens (including phenoxy) is 1. The molecule has 1 heterocycles. The molecule has 0 spiro atoms. The number of aryl methyl sites for hydroxylation is 1. The third kappa shape index (κ3) is 4.87. The van der Waals surface area contributed by atoms with E-state index in [2.05, 4.69) is 5.32 Å². The Labute approximate surface area is 176 Å². The summed E-state index contributed by atoms with van der Waals surface area (Å²) < 4.78 is 5.85. The first-order valence-electron chi connectivity index (χ1n) is 10.1. The summed E-state index contributed by atoms with van der Waals surface area (Å²) in [6.07, 6.45) is 1.52. The van der Waals surface area contributed by atoms with Gasteiger partial charge >= 0.3 is 0 Å². The zero-order valence-corrected chi connectivity index (χ0v) is 16.9. The summed E-state index contributed by atoms with van der Waals surface area (Å²) in [5.74, 6) is 1.48. The van der Waals surface area contributed by atoms with E-state index in [0.717, 1.165) is 29.8 Å². The molecule has 0 aromatic heterocycles. The molecule has 0 unspecified atom stereocenters. The van der Waals surface area contributed by atoms with Gasteiger partial charge in [0.25, 0.3) is 5.91 Å². The number of hydrogen-bond donors (Lipinski definition) is 1. The van der Waals surface area contributed by atoms with Gasteiger partial charge in [-0.1, -0.05) is 24.3 Å². The van der Waals surface area contributed by atoms with Crippen LogP contribution in [0.15, 0.2) is 72.8 Å². The zero-order valence-electron chi connectivity index (χ0n) is 16.9. The van der Waals surface area contributed by atoms with Gasteiger partial charge in [0, 0.05) is 30.8 Å². The molecular formula is C25H24N2O3. The van der Waals surface area contributed by atoms with Crippen molar-refractivity contribution in [3.05, 3.63) is 89.5 Å². The van der Waals surface area contributed by atoms with Crippen LogP contribution in [0.25, 0.3) is 0 Å². The number of carbonyl (C=O) groups is 2. The number of likely N-dealkylation sites (tertiary alicyclic amines) is 1. The molecule has 4 rings (SSSR count). The normalized spacial score (nSPS) is 13.4. The average molecular weight is 400 g/mol. The number of nitrogens with one attached hydrogen (secondary N) is 1. The van der Waals surface area contributed by atoms with Crippen molar-refractivity contribution in [1.29, 1.82) is 0 Å². The maximum absolute atomic E-state index is 12.7. The highest BCUT2D eigenvalue weighted by atomic mass is 16.5. The van der Waals surface area contributed by atoms with E-state index in [1.54, 1.807) is 6.07 Å². The van der Waals surface area contributed by atoms with Crippen LogP contribution in [0.3, 0.4) is 0 Å². The van der Waals surface area contributed by atoms with Crippen LogP contribution in [0, 0.1) is 6.92 Å². The molecule has 0 radical (unpaired) electrons. The van der Waals surface area contributed by atoms with Gasteiger partial charge in [-0.3, -0.25) is 9.59 Å². The Morgan fingerprint density at radius 3 is 2.53 bits per heavy atom. The van der Waals surface area contributed by atoms with Gasteiger partial charge in [-0.15, -0.1) is 0 Å². The molecule has 5 nitrogen and oxygen atoms in total. The summed E-state index contributed by atoms with van der Waals surface area (Å²) in [6.45, 7) is 3.35. The minimum absolute atomic E-state index is 0.179. The van der Waals surface area contributed by atoms with Gasteiger partial charge in [-0.25, -0.2) is 0 Å². The molecule has 0 bridgehead atoms. The van der Waals surface area contributed by atoms with Gasteiger partial charge in [0.15, 0.2) is 0 Å². The zero-order chi connectivity index (χ0) is 20.9. The topological polar surface area (TPSA) is 58.6 Å². The monoisotopic (exact) mass is 400 g/mol. The molecule has 1 fully saturated rings.